The van der Waals surface area contributed by atoms with Gasteiger partial charge in [-0.15, -0.1) is 0 Å². The van der Waals surface area contributed by atoms with Gasteiger partial charge in [0.25, 0.3) is 0 Å². The number of aromatic nitrogens is 2. The summed E-state index contributed by atoms with van der Waals surface area (Å²) < 4.78 is 12.2. The number of benzene rings is 1. The molecule has 0 radical (unpaired) electrons. The number of nitrogens with zero attached hydrogens (tertiary/aromatic N) is 2. The molecule has 5 heteroatoms. The maximum Gasteiger partial charge on any atom is 0.163 e. The number of ether oxygens (including phenoxy) is 2. The molecule has 0 aliphatic carbocycles. The van der Waals surface area contributed by atoms with Crippen LogP contribution in [0.25, 0.3) is 0 Å². The molecule has 1 aromatic heterocycles. The molecule has 108 valence electrons. The molecule has 1 unspecified atom stereocenters. The highest BCUT2D eigenvalue weighted by Crippen LogP contribution is 2.30. The molecule has 1 atom stereocenters. The highest BCUT2D eigenvalue weighted by molar-refractivity contribution is 5.37. The van der Waals surface area contributed by atoms with Gasteiger partial charge in [0.2, 0.25) is 0 Å². The Hall–Kier alpha value is -2.01. The molecule has 1 heterocycles. The van der Waals surface area contributed by atoms with Gasteiger partial charge >= 0.3 is 0 Å². The zero-order valence-corrected chi connectivity index (χ0v) is 12.0. The molecular formula is C15H20N2O3. The Balaban J connectivity index is 2.35. The van der Waals surface area contributed by atoms with Crippen LogP contribution >= 0.6 is 0 Å². The highest BCUT2D eigenvalue weighted by Gasteiger charge is 2.21. The number of rotatable bonds is 6. The molecule has 0 bridgehead atoms. The fraction of sp³-hybridized carbons (Fsp3) is 0.400. The molecule has 20 heavy (non-hydrogen) atoms. The molecule has 2 rings (SSSR count). The first-order valence-corrected chi connectivity index (χ1v) is 6.63. The van der Waals surface area contributed by atoms with Crippen molar-refractivity contribution in [2.24, 2.45) is 0 Å². The van der Waals surface area contributed by atoms with Gasteiger partial charge < -0.3 is 14.6 Å². The Morgan fingerprint density at radius 1 is 1.20 bits per heavy atom. The molecule has 0 saturated carbocycles. The standard InChI is InChI=1S/C15H20N2O3/c1-4-9-17-14(13(20-3)10-16-17)15(18)11-5-7-12(19-2)8-6-11/h5-8,10,15,18H,4,9H2,1-3H3. The topological polar surface area (TPSA) is 56.5 Å². The number of methoxy groups -OCH3 is 2. The molecule has 5 nitrogen and oxygen atoms in total. The molecule has 1 aromatic carbocycles. The summed E-state index contributed by atoms with van der Waals surface area (Å²) in [5, 5.41) is 14.8. The van der Waals surface area contributed by atoms with Crippen LogP contribution in [-0.2, 0) is 6.54 Å². The number of aliphatic hydroxyl groups excluding tert-OH is 1. The first-order valence-electron chi connectivity index (χ1n) is 6.63. The Morgan fingerprint density at radius 3 is 2.45 bits per heavy atom. The predicted molar refractivity (Wildman–Crippen MR) is 76.1 cm³/mol. The summed E-state index contributed by atoms with van der Waals surface area (Å²) in [6.07, 6.45) is 1.80. The first-order chi connectivity index (χ1) is 9.71. The lowest BCUT2D eigenvalue weighted by Crippen LogP contribution is -2.11. The van der Waals surface area contributed by atoms with Crippen LogP contribution < -0.4 is 9.47 Å². The molecule has 2 aromatic rings. The minimum absolute atomic E-state index is 0.599. The van der Waals surface area contributed by atoms with E-state index in [4.69, 9.17) is 9.47 Å². The van der Waals surface area contributed by atoms with Crippen LogP contribution in [0, 0.1) is 0 Å². The Bertz CT molecular complexity index is 549. The number of aliphatic hydroxyl groups is 1. The normalized spacial score (nSPS) is 12.2. The monoisotopic (exact) mass is 276 g/mol. The Kier molecular flexibility index (Phi) is 4.63. The van der Waals surface area contributed by atoms with E-state index in [1.807, 2.05) is 24.3 Å². The Morgan fingerprint density at radius 2 is 1.90 bits per heavy atom. The van der Waals surface area contributed by atoms with Crippen molar-refractivity contribution < 1.29 is 14.6 Å². The van der Waals surface area contributed by atoms with Crippen molar-refractivity contribution in [2.75, 3.05) is 14.2 Å². The fourth-order valence-corrected chi connectivity index (χ4v) is 2.14. The molecule has 0 saturated heterocycles. The molecular weight excluding hydrogens is 256 g/mol. The van der Waals surface area contributed by atoms with E-state index in [1.165, 1.54) is 0 Å². The van der Waals surface area contributed by atoms with Crippen LogP contribution in [0.5, 0.6) is 11.5 Å². The zero-order valence-electron chi connectivity index (χ0n) is 12.0. The van der Waals surface area contributed by atoms with E-state index in [9.17, 15) is 5.11 Å². The van der Waals surface area contributed by atoms with E-state index >= 15 is 0 Å². The lowest BCUT2D eigenvalue weighted by molar-refractivity contribution is 0.202. The molecule has 0 aliphatic heterocycles. The van der Waals surface area contributed by atoms with E-state index in [2.05, 4.69) is 12.0 Å². The second-order valence-corrected chi connectivity index (χ2v) is 4.50. The second kappa shape index (κ2) is 6.43. The van der Waals surface area contributed by atoms with E-state index in [-0.39, 0.29) is 0 Å². The van der Waals surface area contributed by atoms with Crippen molar-refractivity contribution in [3.05, 3.63) is 41.7 Å². The average molecular weight is 276 g/mol. The molecule has 0 fully saturated rings. The summed E-state index contributed by atoms with van der Waals surface area (Å²) in [6, 6.07) is 7.33. The van der Waals surface area contributed by atoms with Crippen LogP contribution in [0.2, 0.25) is 0 Å². The summed E-state index contributed by atoms with van der Waals surface area (Å²) in [5.41, 5.74) is 1.46. The summed E-state index contributed by atoms with van der Waals surface area (Å²) in [4.78, 5) is 0. The number of aryl methyl sites for hydroxylation is 1. The van der Waals surface area contributed by atoms with E-state index in [1.54, 1.807) is 25.1 Å². The number of hydrogen-bond acceptors (Lipinski definition) is 4. The van der Waals surface area contributed by atoms with E-state index in [0.717, 1.165) is 24.3 Å². The molecule has 0 spiro atoms. The average Bonchev–Trinajstić information content (AvgIpc) is 2.90. The van der Waals surface area contributed by atoms with E-state index in [0.29, 0.717) is 11.4 Å². The lowest BCUT2D eigenvalue weighted by Gasteiger charge is -2.15. The van der Waals surface area contributed by atoms with E-state index < -0.39 is 6.10 Å². The van der Waals surface area contributed by atoms with Gasteiger partial charge in [-0.25, -0.2) is 0 Å². The van der Waals surface area contributed by atoms with Gasteiger partial charge in [0.15, 0.2) is 5.75 Å². The summed E-state index contributed by atoms with van der Waals surface area (Å²) >= 11 is 0. The number of hydrogen-bond donors (Lipinski definition) is 1. The van der Waals surface area contributed by atoms with Crippen LogP contribution in [0.15, 0.2) is 30.5 Å². The fourth-order valence-electron chi connectivity index (χ4n) is 2.14. The van der Waals surface area contributed by atoms with Gasteiger partial charge in [0.05, 0.1) is 20.4 Å². The van der Waals surface area contributed by atoms with Crippen LogP contribution in [-0.4, -0.2) is 29.1 Å². The van der Waals surface area contributed by atoms with Crippen LogP contribution in [0.4, 0.5) is 0 Å². The first kappa shape index (κ1) is 14.4. The third-order valence-corrected chi connectivity index (χ3v) is 3.19. The van der Waals surface area contributed by atoms with Crippen LogP contribution in [0.3, 0.4) is 0 Å². The van der Waals surface area contributed by atoms with Crippen molar-refractivity contribution in [3.63, 3.8) is 0 Å². The van der Waals surface area contributed by atoms with Crippen molar-refractivity contribution in [1.29, 1.82) is 0 Å². The summed E-state index contributed by atoms with van der Waals surface area (Å²) in [5.74, 6) is 1.36. The van der Waals surface area contributed by atoms with Gasteiger partial charge in [-0.05, 0) is 24.1 Å². The summed E-state index contributed by atoms with van der Waals surface area (Å²) in [6.45, 7) is 2.81. The SMILES string of the molecule is CCCn1ncc(OC)c1C(O)c1ccc(OC)cc1. The van der Waals surface area contributed by atoms with Crippen molar-refractivity contribution >= 4 is 0 Å². The van der Waals surface area contributed by atoms with Gasteiger partial charge in [0.1, 0.15) is 17.5 Å². The lowest BCUT2D eigenvalue weighted by atomic mass is 10.1. The largest absolute Gasteiger partial charge is 0.497 e. The van der Waals surface area contributed by atoms with Crippen molar-refractivity contribution in [1.82, 2.24) is 9.78 Å². The molecule has 0 aliphatic rings. The molecule has 0 amide bonds. The highest BCUT2D eigenvalue weighted by atomic mass is 16.5. The van der Waals surface area contributed by atoms with Crippen molar-refractivity contribution in [3.8, 4) is 11.5 Å². The predicted octanol–water partition coefficient (Wildman–Crippen LogP) is 2.39. The van der Waals surface area contributed by atoms with Gasteiger partial charge in [0, 0.05) is 6.54 Å². The Labute approximate surface area is 118 Å². The summed E-state index contributed by atoms with van der Waals surface area (Å²) in [7, 11) is 3.20. The van der Waals surface area contributed by atoms with Gasteiger partial charge in [-0.1, -0.05) is 19.1 Å². The van der Waals surface area contributed by atoms with Crippen molar-refractivity contribution in [2.45, 2.75) is 26.0 Å². The minimum atomic E-state index is -0.773. The smallest absolute Gasteiger partial charge is 0.163 e. The maximum absolute atomic E-state index is 10.6. The quantitative estimate of drug-likeness (QED) is 0.880. The maximum atomic E-state index is 10.6. The van der Waals surface area contributed by atoms with Gasteiger partial charge in [-0.3, -0.25) is 4.68 Å². The third kappa shape index (κ3) is 2.77. The molecule has 1 N–H and O–H groups in total. The minimum Gasteiger partial charge on any atom is -0.497 e. The van der Waals surface area contributed by atoms with Gasteiger partial charge in [-0.2, -0.15) is 5.10 Å². The third-order valence-electron chi connectivity index (χ3n) is 3.19. The zero-order chi connectivity index (χ0) is 14.5. The second-order valence-electron chi connectivity index (χ2n) is 4.50. The van der Waals surface area contributed by atoms with Crippen LogP contribution in [0.1, 0.15) is 30.7 Å².